The van der Waals surface area contributed by atoms with Gasteiger partial charge >= 0.3 is 0 Å². The molecule has 0 saturated heterocycles. The van der Waals surface area contributed by atoms with E-state index in [9.17, 15) is 13.2 Å². The smallest absolute Gasteiger partial charge is 0.235 e. The van der Waals surface area contributed by atoms with Gasteiger partial charge in [-0.1, -0.05) is 25.7 Å². The zero-order chi connectivity index (χ0) is 15.9. The second-order valence-corrected chi connectivity index (χ2v) is 8.04. The zero-order valence-electron chi connectivity index (χ0n) is 13.5. The van der Waals surface area contributed by atoms with Crippen LogP contribution in [0.2, 0.25) is 0 Å². The number of carbonyl (C=O) groups is 1. The molecule has 21 heavy (non-hydrogen) atoms. The van der Waals surface area contributed by atoms with Gasteiger partial charge in [-0.25, -0.2) is 8.42 Å². The van der Waals surface area contributed by atoms with Crippen molar-refractivity contribution in [2.45, 2.75) is 44.6 Å². The average Bonchev–Trinajstić information content (AvgIpc) is 2.62. The maximum Gasteiger partial charge on any atom is 0.235 e. The molecule has 1 N–H and O–H groups in total. The fourth-order valence-corrected chi connectivity index (χ4v) is 3.78. The number of carbonyl (C=O) groups excluding carboxylic acids is 1. The first-order valence-corrected chi connectivity index (χ1v) is 9.54. The maximum atomic E-state index is 12.0. The van der Waals surface area contributed by atoms with E-state index in [1.807, 2.05) is 19.0 Å². The number of nitrogens with zero attached hydrogens (tertiary/aromatic N) is 2. The van der Waals surface area contributed by atoms with E-state index in [1.54, 1.807) is 0 Å². The molecular weight excluding hydrogens is 290 g/mol. The molecule has 0 aliphatic heterocycles. The predicted molar refractivity (Wildman–Crippen MR) is 84.6 cm³/mol. The molecule has 0 unspecified atom stereocenters. The van der Waals surface area contributed by atoms with Crippen molar-refractivity contribution in [2.75, 3.05) is 40.0 Å². The summed E-state index contributed by atoms with van der Waals surface area (Å²) in [6.45, 7) is 1.22. The third kappa shape index (κ3) is 7.24. The highest BCUT2D eigenvalue weighted by Crippen LogP contribution is 2.23. The lowest BCUT2D eigenvalue weighted by atomic mass is 10.1. The standard InChI is InChI=1S/C14H29N3O3S/c1-16(2)11-10-15-14(18)12-17(21(3,19)20)13-8-6-4-5-7-9-13/h13H,4-12H2,1-3H3,(H,15,18). The molecule has 1 aliphatic carbocycles. The molecule has 0 aromatic heterocycles. The molecule has 124 valence electrons. The zero-order valence-corrected chi connectivity index (χ0v) is 14.3. The van der Waals surface area contributed by atoms with Gasteiger partial charge in [0.25, 0.3) is 0 Å². The van der Waals surface area contributed by atoms with Gasteiger partial charge in [0.2, 0.25) is 15.9 Å². The average molecular weight is 319 g/mol. The predicted octanol–water partition coefficient (Wildman–Crippen LogP) is 0.649. The summed E-state index contributed by atoms with van der Waals surface area (Å²) in [6, 6.07) is -0.0258. The third-order valence-corrected chi connectivity index (χ3v) is 5.12. The van der Waals surface area contributed by atoms with E-state index < -0.39 is 10.0 Å². The van der Waals surface area contributed by atoms with Crippen LogP contribution in [-0.2, 0) is 14.8 Å². The second kappa shape index (κ2) is 8.70. The summed E-state index contributed by atoms with van der Waals surface area (Å²) in [5.41, 5.74) is 0. The molecule has 0 heterocycles. The molecular formula is C14H29N3O3S. The Morgan fingerprint density at radius 2 is 1.71 bits per heavy atom. The van der Waals surface area contributed by atoms with Crippen LogP contribution in [0.4, 0.5) is 0 Å². The van der Waals surface area contributed by atoms with E-state index in [0.29, 0.717) is 6.54 Å². The van der Waals surface area contributed by atoms with Gasteiger partial charge in [-0.2, -0.15) is 4.31 Å². The monoisotopic (exact) mass is 319 g/mol. The Labute approximate surface area is 128 Å². The van der Waals surface area contributed by atoms with Gasteiger partial charge in [0.1, 0.15) is 0 Å². The second-order valence-electron chi connectivity index (χ2n) is 6.11. The summed E-state index contributed by atoms with van der Waals surface area (Å²) in [7, 11) is 0.507. The number of hydrogen-bond acceptors (Lipinski definition) is 4. The quantitative estimate of drug-likeness (QED) is 0.700. The summed E-state index contributed by atoms with van der Waals surface area (Å²) in [5.74, 6) is -0.216. The maximum absolute atomic E-state index is 12.0. The van der Waals surface area contributed by atoms with Crippen LogP contribution in [0.5, 0.6) is 0 Å². The van der Waals surface area contributed by atoms with Crippen LogP contribution < -0.4 is 5.32 Å². The molecule has 1 rings (SSSR count). The summed E-state index contributed by atoms with van der Waals surface area (Å²) in [6.07, 6.45) is 7.31. The highest BCUT2D eigenvalue weighted by atomic mass is 32.2. The van der Waals surface area contributed by atoms with Crippen LogP contribution in [-0.4, -0.2) is 69.6 Å². The van der Waals surface area contributed by atoms with Crippen LogP contribution >= 0.6 is 0 Å². The molecule has 6 nitrogen and oxygen atoms in total. The Kier molecular flexibility index (Phi) is 7.62. The number of amides is 1. The van der Waals surface area contributed by atoms with Crippen molar-refractivity contribution in [3.8, 4) is 0 Å². The first-order valence-electron chi connectivity index (χ1n) is 7.69. The lowest BCUT2D eigenvalue weighted by Crippen LogP contribution is -2.46. The van der Waals surface area contributed by atoms with E-state index in [1.165, 1.54) is 10.6 Å². The Bertz CT molecular complexity index is 415. The van der Waals surface area contributed by atoms with Crippen LogP contribution in [0.15, 0.2) is 0 Å². The van der Waals surface area contributed by atoms with Gasteiger partial charge in [-0.05, 0) is 26.9 Å². The lowest BCUT2D eigenvalue weighted by Gasteiger charge is -2.28. The van der Waals surface area contributed by atoms with Crippen LogP contribution in [0.3, 0.4) is 0 Å². The topological polar surface area (TPSA) is 69.7 Å². The van der Waals surface area contributed by atoms with Crippen LogP contribution in [0.1, 0.15) is 38.5 Å². The fourth-order valence-electron chi connectivity index (χ4n) is 2.68. The van der Waals surface area contributed by atoms with Crippen molar-refractivity contribution >= 4 is 15.9 Å². The van der Waals surface area contributed by atoms with E-state index in [4.69, 9.17) is 0 Å². The molecule has 7 heteroatoms. The Morgan fingerprint density at radius 3 is 2.19 bits per heavy atom. The lowest BCUT2D eigenvalue weighted by molar-refractivity contribution is -0.121. The van der Waals surface area contributed by atoms with Crippen LogP contribution in [0.25, 0.3) is 0 Å². The minimum atomic E-state index is -3.36. The molecule has 1 saturated carbocycles. The number of sulfonamides is 1. The first-order chi connectivity index (χ1) is 9.80. The van der Waals surface area contributed by atoms with Gasteiger partial charge in [-0.3, -0.25) is 4.79 Å². The largest absolute Gasteiger partial charge is 0.354 e. The van der Waals surface area contributed by atoms with Crippen molar-refractivity contribution in [1.29, 1.82) is 0 Å². The van der Waals surface area contributed by atoms with Gasteiger partial charge < -0.3 is 10.2 Å². The summed E-state index contributed by atoms with van der Waals surface area (Å²) < 4.78 is 25.4. The van der Waals surface area contributed by atoms with Gasteiger partial charge in [0.15, 0.2) is 0 Å². The van der Waals surface area contributed by atoms with Gasteiger partial charge in [0, 0.05) is 19.1 Å². The van der Waals surface area contributed by atoms with E-state index in [2.05, 4.69) is 5.32 Å². The number of nitrogens with one attached hydrogen (secondary N) is 1. The number of likely N-dealkylation sites (N-methyl/N-ethyl adjacent to an activating group) is 1. The van der Waals surface area contributed by atoms with Crippen molar-refractivity contribution in [3.05, 3.63) is 0 Å². The molecule has 0 spiro atoms. The van der Waals surface area contributed by atoms with Crippen molar-refractivity contribution in [3.63, 3.8) is 0 Å². The summed E-state index contributed by atoms with van der Waals surface area (Å²) >= 11 is 0. The first kappa shape index (κ1) is 18.4. The third-order valence-electron chi connectivity index (χ3n) is 3.84. The minimum Gasteiger partial charge on any atom is -0.354 e. The normalized spacial score (nSPS) is 18.0. The van der Waals surface area contributed by atoms with Crippen molar-refractivity contribution in [1.82, 2.24) is 14.5 Å². The molecule has 1 fully saturated rings. The summed E-state index contributed by atoms with van der Waals surface area (Å²) in [5, 5.41) is 2.78. The fraction of sp³-hybridized carbons (Fsp3) is 0.929. The molecule has 1 aliphatic rings. The highest BCUT2D eigenvalue weighted by molar-refractivity contribution is 7.88. The highest BCUT2D eigenvalue weighted by Gasteiger charge is 2.29. The van der Waals surface area contributed by atoms with Crippen LogP contribution in [0, 0.1) is 0 Å². The van der Waals surface area contributed by atoms with E-state index >= 15 is 0 Å². The summed E-state index contributed by atoms with van der Waals surface area (Å²) in [4.78, 5) is 13.9. The SMILES string of the molecule is CN(C)CCNC(=O)CN(C1CCCCCC1)S(C)(=O)=O. The molecule has 0 aromatic carbocycles. The van der Waals surface area contributed by atoms with E-state index in [-0.39, 0.29) is 18.5 Å². The minimum absolute atomic E-state index is 0.0258. The number of rotatable bonds is 7. The Balaban J connectivity index is 2.59. The molecule has 0 radical (unpaired) electrons. The molecule has 1 amide bonds. The molecule has 0 atom stereocenters. The van der Waals surface area contributed by atoms with Gasteiger partial charge in [0.05, 0.1) is 12.8 Å². The van der Waals surface area contributed by atoms with Crippen molar-refractivity contribution < 1.29 is 13.2 Å². The van der Waals surface area contributed by atoms with E-state index in [0.717, 1.165) is 45.1 Å². The molecule has 0 aromatic rings. The van der Waals surface area contributed by atoms with Crippen molar-refractivity contribution in [2.24, 2.45) is 0 Å². The number of hydrogen-bond donors (Lipinski definition) is 1. The Morgan fingerprint density at radius 1 is 1.14 bits per heavy atom. The Hall–Kier alpha value is -0.660. The molecule has 0 bridgehead atoms. The van der Waals surface area contributed by atoms with Gasteiger partial charge in [-0.15, -0.1) is 0 Å².